The topological polar surface area (TPSA) is 81.0 Å². The van der Waals surface area contributed by atoms with Gasteiger partial charge in [-0.05, 0) is 37.6 Å². The zero-order valence-corrected chi connectivity index (χ0v) is 17.7. The quantitative estimate of drug-likeness (QED) is 0.436. The Bertz CT molecular complexity index is 1270. The largest absolute Gasteiger partial charge is 0.480 e. The molecule has 31 heavy (non-hydrogen) atoms. The summed E-state index contributed by atoms with van der Waals surface area (Å²) in [4.78, 5) is 4.54. The standard InChI is InChI=1S/C23H23FN6O/c1-4-9-23(2,24)15-29-13-17(12-26-29)20-8-6-18(11-25)27-22(20)16-5-7-19-10-21(31-3)28-30(19)14-16/h5-8,10,12-14H,4,9,15H2,1-3H3. The Kier molecular flexibility index (Phi) is 5.42. The van der Waals surface area contributed by atoms with E-state index in [0.29, 0.717) is 23.7 Å². The lowest BCUT2D eigenvalue weighted by Crippen LogP contribution is -2.25. The van der Waals surface area contributed by atoms with Crippen LogP contribution in [0.1, 0.15) is 32.4 Å². The van der Waals surface area contributed by atoms with Crippen molar-refractivity contribution in [1.29, 1.82) is 5.26 Å². The molecule has 0 saturated heterocycles. The highest BCUT2D eigenvalue weighted by Crippen LogP contribution is 2.32. The summed E-state index contributed by atoms with van der Waals surface area (Å²) < 4.78 is 23.2. The predicted octanol–water partition coefficient (Wildman–Crippen LogP) is 4.67. The normalized spacial score (nSPS) is 13.1. The van der Waals surface area contributed by atoms with Crippen LogP contribution in [0, 0.1) is 11.3 Å². The van der Waals surface area contributed by atoms with E-state index in [-0.39, 0.29) is 6.54 Å². The molecule has 4 aromatic heterocycles. The average molecular weight is 418 g/mol. The number of methoxy groups -OCH3 is 1. The molecule has 1 unspecified atom stereocenters. The lowest BCUT2D eigenvalue weighted by atomic mass is 10.0. The van der Waals surface area contributed by atoms with Gasteiger partial charge in [0.1, 0.15) is 17.4 Å². The summed E-state index contributed by atoms with van der Waals surface area (Å²) >= 11 is 0. The van der Waals surface area contributed by atoms with Crippen molar-refractivity contribution >= 4 is 5.52 Å². The SMILES string of the molecule is CCCC(C)(F)Cn1cc(-c2ccc(C#N)nc2-c2ccc3cc(OC)nn3c2)cn1. The highest BCUT2D eigenvalue weighted by molar-refractivity contribution is 5.81. The van der Waals surface area contributed by atoms with E-state index in [1.165, 1.54) is 0 Å². The van der Waals surface area contributed by atoms with Crippen LogP contribution in [0.15, 0.2) is 48.9 Å². The van der Waals surface area contributed by atoms with Gasteiger partial charge in [-0.25, -0.2) is 13.9 Å². The van der Waals surface area contributed by atoms with E-state index in [1.54, 1.807) is 35.5 Å². The van der Waals surface area contributed by atoms with E-state index < -0.39 is 5.67 Å². The fourth-order valence-electron chi connectivity index (χ4n) is 3.70. The van der Waals surface area contributed by atoms with Gasteiger partial charge in [0.25, 0.3) is 0 Å². The highest BCUT2D eigenvalue weighted by Gasteiger charge is 2.23. The maximum atomic E-state index is 14.7. The van der Waals surface area contributed by atoms with Crippen LogP contribution in [0.2, 0.25) is 0 Å². The molecular weight excluding hydrogens is 395 g/mol. The number of fused-ring (bicyclic) bond motifs is 1. The molecule has 1 atom stereocenters. The number of pyridine rings is 2. The van der Waals surface area contributed by atoms with Crippen molar-refractivity contribution in [1.82, 2.24) is 24.4 Å². The summed E-state index contributed by atoms with van der Waals surface area (Å²) in [5.74, 6) is 0.513. The fraction of sp³-hybridized carbons (Fsp3) is 0.304. The molecule has 4 heterocycles. The molecule has 0 spiro atoms. The molecule has 158 valence electrons. The molecule has 0 aliphatic carbocycles. The molecule has 8 heteroatoms. The van der Waals surface area contributed by atoms with Gasteiger partial charge in [0.2, 0.25) is 5.88 Å². The van der Waals surface area contributed by atoms with Crippen molar-refractivity contribution in [2.45, 2.75) is 38.9 Å². The van der Waals surface area contributed by atoms with E-state index >= 15 is 0 Å². The molecular formula is C23H23FN6O. The zero-order chi connectivity index (χ0) is 22.0. The minimum atomic E-state index is -1.33. The van der Waals surface area contributed by atoms with Crippen LogP contribution in [0.25, 0.3) is 27.9 Å². The average Bonchev–Trinajstić information content (AvgIpc) is 3.38. The van der Waals surface area contributed by atoms with Crippen molar-refractivity contribution < 1.29 is 9.13 Å². The van der Waals surface area contributed by atoms with Gasteiger partial charge in [-0.3, -0.25) is 4.68 Å². The van der Waals surface area contributed by atoms with Crippen LogP contribution < -0.4 is 4.74 Å². The smallest absolute Gasteiger partial charge is 0.233 e. The van der Waals surface area contributed by atoms with E-state index in [4.69, 9.17) is 4.74 Å². The second-order valence-electron chi connectivity index (χ2n) is 7.77. The molecule has 0 fully saturated rings. The second kappa shape index (κ2) is 8.19. The number of ether oxygens (including phenoxy) is 1. The number of nitriles is 1. The number of rotatable bonds is 7. The third-order valence-corrected chi connectivity index (χ3v) is 5.14. The first-order valence-electron chi connectivity index (χ1n) is 10.1. The fourth-order valence-corrected chi connectivity index (χ4v) is 3.70. The first-order chi connectivity index (χ1) is 14.9. The van der Waals surface area contributed by atoms with Gasteiger partial charge >= 0.3 is 0 Å². The Morgan fingerprint density at radius 3 is 2.77 bits per heavy atom. The van der Waals surface area contributed by atoms with Gasteiger partial charge in [-0.15, -0.1) is 5.10 Å². The van der Waals surface area contributed by atoms with Crippen molar-refractivity contribution in [2.24, 2.45) is 0 Å². The number of hydrogen-bond donors (Lipinski definition) is 0. The third kappa shape index (κ3) is 4.26. The van der Waals surface area contributed by atoms with Crippen LogP contribution in [-0.2, 0) is 6.54 Å². The van der Waals surface area contributed by atoms with Gasteiger partial charge in [0, 0.05) is 35.2 Å². The number of hydrogen-bond acceptors (Lipinski definition) is 5. The van der Waals surface area contributed by atoms with Gasteiger partial charge in [-0.2, -0.15) is 10.4 Å². The van der Waals surface area contributed by atoms with Gasteiger partial charge in [0.15, 0.2) is 0 Å². The Morgan fingerprint density at radius 2 is 2.03 bits per heavy atom. The van der Waals surface area contributed by atoms with Crippen LogP contribution in [0.3, 0.4) is 0 Å². The molecule has 0 aliphatic heterocycles. The number of aromatic nitrogens is 5. The van der Waals surface area contributed by atoms with E-state index in [2.05, 4.69) is 21.3 Å². The minimum absolute atomic E-state index is 0.179. The van der Waals surface area contributed by atoms with Crippen molar-refractivity contribution in [3.05, 3.63) is 54.6 Å². The maximum Gasteiger partial charge on any atom is 0.233 e. The van der Waals surface area contributed by atoms with E-state index in [0.717, 1.165) is 28.6 Å². The Labute approximate surface area is 179 Å². The molecule has 4 aromatic rings. The molecule has 7 nitrogen and oxygen atoms in total. The van der Waals surface area contributed by atoms with Gasteiger partial charge < -0.3 is 4.74 Å². The Morgan fingerprint density at radius 1 is 1.19 bits per heavy atom. The minimum Gasteiger partial charge on any atom is -0.480 e. The third-order valence-electron chi connectivity index (χ3n) is 5.14. The van der Waals surface area contributed by atoms with Crippen LogP contribution in [0.4, 0.5) is 4.39 Å². The van der Waals surface area contributed by atoms with Gasteiger partial charge in [-0.1, -0.05) is 13.3 Å². The van der Waals surface area contributed by atoms with Crippen molar-refractivity contribution in [3.8, 4) is 34.3 Å². The zero-order valence-electron chi connectivity index (χ0n) is 17.7. The lowest BCUT2D eigenvalue weighted by molar-refractivity contribution is 0.141. The predicted molar refractivity (Wildman–Crippen MR) is 115 cm³/mol. The summed E-state index contributed by atoms with van der Waals surface area (Å²) in [6, 6.07) is 11.3. The molecule has 0 N–H and O–H groups in total. The molecule has 0 radical (unpaired) electrons. The van der Waals surface area contributed by atoms with Crippen LogP contribution in [-0.4, -0.2) is 37.2 Å². The second-order valence-corrected chi connectivity index (χ2v) is 7.77. The monoisotopic (exact) mass is 418 g/mol. The molecule has 0 aromatic carbocycles. The lowest BCUT2D eigenvalue weighted by Gasteiger charge is -2.19. The summed E-state index contributed by atoms with van der Waals surface area (Å²) in [6.07, 6.45) is 6.60. The summed E-state index contributed by atoms with van der Waals surface area (Å²) in [5.41, 5.74) is 2.89. The Hall–Kier alpha value is -3.73. The van der Waals surface area contributed by atoms with Gasteiger partial charge in [0.05, 0.1) is 31.1 Å². The van der Waals surface area contributed by atoms with Crippen LogP contribution >= 0.6 is 0 Å². The summed E-state index contributed by atoms with van der Waals surface area (Å²) in [7, 11) is 1.57. The number of nitrogens with zero attached hydrogens (tertiary/aromatic N) is 6. The molecule has 0 amide bonds. The Balaban J connectivity index is 1.76. The number of halogens is 1. The summed E-state index contributed by atoms with van der Waals surface area (Å²) in [5, 5.41) is 18.1. The summed E-state index contributed by atoms with van der Waals surface area (Å²) in [6.45, 7) is 3.74. The van der Waals surface area contributed by atoms with E-state index in [9.17, 15) is 9.65 Å². The molecule has 4 rings (SSSR count). The maximum absolute atomic E-state index is 14.7. The number of alkyl halides is 1. The molecule has 0 saturated carbocycles. The van der Waals surface area contributed by atoms with Crippen molar-refractivity contribution in [2.75, 3.05) is 7.11 Å². The first kappa shape index (κ1) is 20.5. The molecule has 0 aliphatic rings. The molecule has 0 bridgehead atoms. The van der Waals surface area contributed by atoms with Crippen molar-refractivity contribution in [3.63, 3.8) is 0 Å². The highest BCUT2D eigenvalue weighted by atomic mass is 19.1. The van der Waals surface area contributed by atoms with Crippen LogP contribution in [0.5, 0.6) is 5.88 Å². The van der Waals surface area contributed by atoms with E-state index in [1.807, 2.05) is 43.6 Å². The first-order valence-corrected chi connectivity index (χ1v) is 10.1.